The number of unbranched alkanes of at least 4 members (excludes halogenated alkanes) is 2. The number of carbonyl (C=O) groups is 2. The molecule has 3 heterocycles. The molecule has 4 atom stereocenters. The minimum Gasteiger partial charge on any atom is -0.394 e. The largest absolute Gasteiger partial charge is 0.394 e. The molecule has 1 aromatic carbocycles. The molecule has 4 N–H and O–H groups in total. The smallest absolute Gasteiger partial charge is 0.351 e. The molecule has 12 heteroatoms. The summed E-state index contributed by atoms with van der Waals surface area (Å²) < 4.78 is 6.40. The summed E-state index contributed by atoms with van der Waals surface area (Å²) >= 11 is 0. The van der Waals surface area contributed by atoms with Crippen molar-refractivity contribution in [3.63, 3.8) is 0 Å². The number of nitrogens with zero attached hydrogens (tertiary/aromatic N) is 3. The van der Waals surface area contributed by atoms with Crippen LogP contribution in [0, 0.1) is 0 Å². The third-order valence-corrected chi connectivity index (χ3v) is 5.73. The number of benzene rings is 1. The minimum absolute atomic E-state index is 0.212. The number of aromatic nitrogens is 2. The van der Waals surface area contributed by atoms with Crippen molar-refractivity contribution in [1.82, 2.24) is 14.6 Å². The lowest BCUT2D eigenvalue weighted by molar-refractivity contribution is -0.0922. The first-order valence-corrected chi connectivity index (χ1v) is 11.0. The van der Waals surface area contributed by atoms with Crippen LogP contribution in [0.25, 0.3) is 0 Å². The van der Waals surface area contributed by atoms with Gasteiger partial charge in [-0.15, -0.1) is 5.06 Å². The van der Waals surface area contributed by atoms with E-state index in [0.717, 1.165) is 22.5 Å². The quantitative estimate of drug-likeness (QED) is 0.265. The van der Waals surface area contributed by atoms with E-state index in [2.05, 4.69) is 10.3 Å². The van der Waals surface area contributed by atoms with Gasteiger partial charge < -0.3 is 25.4 Å². The Morgan fingerprint density at radius 1 is 1.00 bits per heavy atom. The second-order valence-electron chi connectivity index (χ2n) is 8.00. The lowest BCUT2D eigenvalue weighted by atomic mass is 10.1. The first kappa shape index (κ1) is 24.0. The molecular weight excluding hydrogens is 448 g/mol. The Hall–Kier alpha value is -3.16. The van der Waals surface area contributed by atoms with E-state index < -0.39 is 48.7 Å². The predicted molar refractivity (Wildman–Crippen MR) is 117 cm³/mol. The molecule has 2 aliphatic rings. The second-order valence-corrected chi connectivity index (χ2v) is 8.00. The topological polar surface area (TPSA) is 163 Å². The van der Waals surface area contributed by atoms with Gasteiger partial charge in [0.15, 0.2) is 6.23 Å². The number of anilines is 1. The first-order chi connectivity index (χ1) is 16.4. The Morgan fingerprint density at radius 3 is 2.32 bits per heavy atom. The summed E-state index contributed by atoms with van der Waals surface area (Å²) in [6, 6.07) is 8.12. The molecule has 0 radical (unpaired) electrons. The molecule has 2 aromatic rings. The van der Waals surface area contributed by atoms with E-state index in [9.17, 15) is 29.7 Å². The van der Waals surface area contributed by atoms with Crippen molar-refractivity contribution in [3.8, 4) is 0 Å². The van der Waals surface area contributed by atoms with Gasteiger partial charge in [0.05, 0.1) is 24.3 Å². The molecule has 1 saturated heterocycles. The molecule has 1 aromatic heterocycles. The first-order valence-electron chi connectivity index (χ1n) is 11.0. The Balaban J connectivity index is 1.17. The summed E-state index contributed by atoms with van der Waals surface area (Å²) in [5.41, 5.74) is 0.00299. The van der Waals surface area contributed by atoms with Gasteiger partial charge in [-0.1, -0.05) is 12.1 Å². The van der Waals surface area contributed by atoms with Crippen molar-refractivity contribution in [2.45, 2.75) is 43.8 Å². The van der Waals surface area contributed by atoms with Crippen LogP contribution in [0.5, 0.6) is 0 Å². The highest BCUT2D eigenvalue weighted by molar-refractivity contribution is 6.20. The Kier molecular flexibility index (Phi) is 7.34. The molecule has 1 fully saturated rings. The van der Waals surface area contributed by atoms with Crippen LogP contribution in [0.1, 0.15) is 46.2 Å². The Morgan fingerprint density at radius 2 is 1.71 bits per heavy atom. The molecule has 0 bridgehead atoms. The lowest BCUT2D eigenvalue weighted by Crippen LogP contribution is -2.36. The predicted octanol–water partition coefficient (Wildman–Crippen LogP) is -0.335. The van der Waals surface area contributed by atoms with E-state index in [4.69, 9.17) is 9.57 Å². The number of nitrogens with one attached hydrogen (secondary N) is 1. The van der Waals surface area contributed by atoms with Crippen LogP contribution in [0.2, 0.25) is 0 Å². The van der Waals surface area contributed by atoms with Gasteiger partial charge in [0.1, 0.15) is 24.1 Å². The van der Waals surface area contributed by atoms with Crippen LogP contribution >= 0.6 is 0 Å². The number of aliphatic hydroxyl groups is 3. The molecule has 0 unspecified atom stereocenters. The van der Waals surface area contributed by atoms with Crippen LogP contribution in [0.3, 0.4) is 0 Å². The normalized spacial score (nSPS) is 24.0. The molecule has 0 aliphatic carbocycles. The molecule has 2 amide bonds. The molecule has 12 nitrogen and oxygen atoms in total. The fraction of sp³-hybridized carbons (Fsp3) is 0.455. The number of ether oxygens (including phenoxy) is 1. The van der Waals surface area contributed by atoms with Gasteiger partial charge in [0.2, 0.25) is 0 Å². The number of aliphatic hydroxyl groups excluding tert-OH is 3. The molecule has 2 aliphatic heterocycles. The number of hydrogen-bond acceptors (Lipinski definition) is 10. The van der Waals surface area contributed by atoms with Crippen LogP contribution in [-0.2, 0) is 9.57 Å². The van der Waals surface area contributed by atoms with E-state index in [1.165, 1.54) is 6.20 Å². The van der Waals surface area contributed by atoms with Crippen molar-refractivity contribution in [3.05, 3.63) is 58.1 Å². The summed E-state index contributed by atoms with van der Waals surface area (Å²) in [6.45, 7) is 0.251. The lowest BCUT2D eigenvalue weighted by Gasteiger charge is -2.17. The standard InChI is InChI=1S/C22H26N4O8/c27-12-15-17(28)18(29)21(34-15)25-10-8-16(24-22(25)32)23-9-4-1-5-11-33-26-19(30)13-6-2-3-7-14(13)20(26)31/h2-3,6-8,10,15,17-18,21,27-29H,1,4-5,9,11-12H2,(H,23,24,32)/t15-,17-,18-,21-/m1/s1. The van der Waals surface area contributed by atoms with Gasteiger partial charge in [0.25, 0.3) is 11.8 Å². The van der Waals surface area contributed by atoms with Crippen molar-refractivity contribution in [2.75, 3.05) is 25.1 Å². The number of rotatable bonds is 10. The number of fused-ring (bicyclic) bond motifs is 1. The monoisotopic (exact) mass is 474 g/mol. The van der Waals surface area contributed by atoms with Gasteiger partial charge in [-0.2, -0.15) is 4.98 Å². The maximum Gasteiger partial charge on any atom is 0.351 e. The van der Waals surface area contributed by atoms with Crippen LogP contribution in [0.4, 0.5) is 5.82 Å². The van der Waals surface area contributed by atoms with Gasteiger partial charge >= 0.3 is 5.69 Å². The van der Waals surface area contributed by atoms with Crippen LogP contribution in [0.15, 0.2) is 41.3 Å². The van der Waals surface area contributed by atoms with Crippen LogP contribution < -0.4 is 11.0 Å². The zero-order valence-electron chi connectivity index (χ0n) is 18.2. The highest BCUT2D eigenvalue weighted by Crippen LogP contribution is 2.28. The molecule has 4 rings (SSSR count). The van der Waals surface area contributed by atoms with Crippen molar-refractivity contribution >= 4 is 17.6 Å². The van der Waals surface area contributed by atoms with E-state index in [-0.39, 0.29) is 6.61 Å². The number of hydroxylamine groups is 2. The number of amides is 2. The fourth-order valence-corrected chi connectivity index (χ4v) is 3.88. The van der Waals surface area contributed by atoms with Crippen molar-refractivity contribution in [1.29, 1.82) is 0 Å². The molecule has 182 valence electrons. The maximum absolute atomic E-state index is 12.3. The highest BCUT2D eigenvalue weighted by atomic mass is 16.7. The zero-order valence-corrected chi connectivity index (χ0v) is 18.2. The zero-order chi connectivity index (χ0) is 24.2. The summed E-state index contributed by atoms with van der Waals surface area (Å²) in [6.07, 6.45) is -1.29. The van der Waals surface area contributed by atoms with E-state index in [0.29, 0.717) is 29.9 Å². The average molecular weight is 474 g/mol. The van der Waals surface area contributed by atoms with E-state index in [1.54, 1.807) is 30.3 Å². The number of carbonyl (C=O) groups excluding carboxylic acids is 2. The number of imide groups is 1. The third-order valence-electron chi connectivity index (χ3n) is 5.73. The summed E-state index contributed by atoms with van der Waals surface area (Å²) in [7, 11) is 0. The van der Waals surface area contributed by atoms with Gasteiger partial charge in [-0.05, 0) is 37.5 Å². The van der Waals surface area contributed by atoms with Crippen molar-refractivity contribution < 1.29 is 34.5 Å². The van der Waals surface area contributed by atoms with E-state index >= 15 is 0 Å². The average Bonchev–Trinajstić information content (AvgIpc) is 3.26. The van der Waals surface area contributed by atoms with E-state index in [1.807, 2.05) is 0 Å². The third kappa shape index (κ3) is 4.72. The van der Waals surface area contributed by atoms with Gasteiger partial charge in [-0.3, -0.25) is 19.0 Å². The molecule has 0 saturated carbocycles. The molecular formula is C22H26N4O8. The molecule has 0 spiro atoms. The maximum atomic E-state index is 12.3. The summed E-state index contributed by atoms with van der Waals surface area (Å²) in [5.74, 6) is -0.574. The van der Waals surface area contributed by atoms with Gasteiger partial charge in [-0.25, -0.2) is 4.79 Å². The summed E-state index contributed by atoms with van der Waals surface area (Å²) in [5, 5.41) is 32.9. The Bertz CT molecular complexity index is 1070. The van der Waals surface area contributed by atoms with Gasteiger partial charge in [0, 0.05) is 12.7 Å². The summed E-state index contributed by atoms with van der Waals surface area (Å²) in [4.78, 5) is 46.0. The highest BCUT2D eigenvalue weighted by Gasteiger charge is 2.43. The minimum atomic E-state index is -1.36. The van der Waals surface area contributed by atoms with Crippen molar-refractivity contribution in [2.24, 2.45) is 0 Å². The SMILES string of the molecule is O=C1c2ccccc2C(=O)N1OCCCCCNc1ccn([C@@H]2O[C@H](CO)[C@@H](O)[C@H]2O)c(=O)n1. The Labute approximate surface area is 194 Å². The fourth-order valence-electron chi connectivity index (χ4n) is 3.88. The molecule has 34 heavy (non-hydrogen) atoms. The van der Waals surface area contributed by atoms with Crippen LogP contribution in [-0.4, -0.2) is 79.8 Å². The number of hydrogen-bond donors (Lipinski definition) is 4. The second kappa shape index (κ2) is 10.4.